The first kappa shape index (κ1) is 17.3. The van der Waals surface area contributed by atoms with Gasteiger partial charge in [0.2, 0.25) is 0 Å². The Hall–Kier alpha value is -2.48. The number of benzene rings is 1. The van der Waals surface area contributed by atoms with Crippen molar-refractivity contribution in [3.8, 4) is 5.75 Å². The van der Waals surface area contributed by atoms with E-state index >= 15 is 0 Å². The molecule has 0 atom stereocenters. The van der Waals surface area contributed by atoms with Gasteiger partial charge in [0.1, 0.15) is 10.8 Å². The number of hydrogen-bond donors (Lipinski definition) is 1. The predicted molar refractivity (Wildman–Crippen MR) is 88.7 cm³/mol. The van der Waals surface area contributed by atoms with Crippen LogP contribution in [0.5, 0.6) is 5.75 Å². The summed E-state index contributed by atoms with van der Waals surface area (Å²) in [5.41, 5.74) is 1.62. The molecule has 0 bridgehead atoms. The number of hydrogen-bond acceptors (Lipinski definition) is 5. The molecule has 0 radical (unpaired) electrons. The first-order valence-electron chi connectivity index (χ1n) is 7.58. The van der Waals surface area contributed by atoms with Gasteiger partial charge in [0.05, 0.1) is 12.7 Å². The second-order valence-electron chi connectivity index (χ2n) is 5.41. The predicted octanol–water partition coefficient (Wildman–Crippen LogP) is 3.88. The number of carbonyl (C=O) groups is 2. The number of nitrogens with one attached hydrogen (secondary N) is 1. The molecule has 0 saturated carbocycles. The molecule has 3 rings (SSSR count). The number of esters is 1. The van der Waals surface area contributed by atoms with E-state index in [4.69, 9.17) is 4.74 Å². The average molecular weight is 367 g/mol. The smallest absolute Gasteiger partial charge is 0.387 e. The quantitative estimate of drug-likeness (QED) is 0.815. The molecule has 0 saturated heterocycles. The van der Waals surface area contributed by atoms with Gasteiger partial charge in [-0.25, -0.2) is 4.79 Å². The van der Waals surface area contributed by atoms with Crippen LogP contribution in [0.15, 0.2) is 24.3 Å². The maximum absolute atomic E-state index is 12.4. The molecule has 1 aromatic heterocycles. The Kier molecular flexibility index (Phi) is 4.98. The number of thiophene rings is 1. The maximum atomic E-state index is 12.4. The molecular weight excluding hydrogens is 352 g/mol. The monoisotopic (exact) mass is 367 g/mol. The highest BCUT2D eigenvalue weighted by Crippen LogP contribution is 2.39. The zero-order chi connectivity index (χ0) is 18.0. The normalized spacial score (nSPS) is 12.8. The van der Waals surface area contributed by atoms with Crippen LogP contribution in [-0.2, 0) is 17.6 Å². The van der Waals surface area contributed by atoms with E-state index in [9.17, 15) is 18.4 Å². The molecule has 1 aliphatic rings. The molecule has 0 fully saturated rings. The van der Waals surface area contributed by atoms with Crippen LogP contribution in [0, 0.1) is 0 Å². The van der Waals surface area contributed by atoms with Gasteiger partial charge in [-0.2, -0.15) is 8.78 Å². The number of carbonyl (C=O) groups excluding carboxylic acids is 2. The van der Waals surface area contributed by atoms with Crippen LogP contribution in [0.25, 0.3) is 0 Å². The Morgan fingerprint density at radius 1 is 1.20 bits per heavy atom. The molecule has 0 unspecified atom stereocenters. The van der Waals surface area contributed by atoms with Gasteiger partial charge in [-0.15, -0.1) is 11.3 Å². The Labute approximate surface area is 146 Å². The Morgan fingerprint density at radius 2 is 1.92 bits per heavy atom. The Morgan fingerprint density at radius 3 is 2.56 bits per heavy atom. The minimum absolute atomic E-state index is 0.0306. The molecule has 2 aromatic rings. The molecule has 132 valence electrons. The fourth-order valence-corrected chi connectivity index (χ4v) is 4.05. The van der Waals surface area contributed by atoms with E-state index in [1.165, 1.54) is 42.7 Å². The first-order valence-corrected chi connectivity index (χ1v) is 8.40. The number of aryl methyl sites for hydroxylation is 1. The van der Waals surface area contributed by atoms with Crippen LogP contribution in [0.1, 0.15) is 37.6 Å². The van der Waals surface area contributed by atoms with E-state index < -0.39 is 18.5 Å². The van der Waals surface area contributed by atoms with Crippen molar-refractivity contribution in [1.29, 1.82) is 0 Å². The van der Waals surface area contributed by atoms with Crippen LogP contribution < -0.4 is 10.1 Å². The molecule has 5 nitrogen and oxygen atoms in total. The zero-order valence-corrected chi connectivity index (χ0v) is 14.1. The van der Waals surface area contributed by atoms with Crippen LogP contribution >= 0.6 is 11.3 Å². The highest BCUT2D eigenvalue weighted by molar-refractivity contribution is 7.17. The summed E-state index contributed by atoms with van der Waals surface area (Å²) in [6, 6.07) is 5.34. The fraction of sp³-hybridized carbons (Fsp3) is 0.294. The summed E-state index contributed by atoms with van der Waals surface area (Å²) in [6.07, 6.45) is 2.64. The summed E-state index contributed by atoms with van der Waals surface area (Å²) in [5, 5.41) is 3.17. The van der Waals surface area contributed by atoms with E-state index in [1.54, 1.807) is 0 Å². The minimum atomic E-state index is -2.92. The van der Waals surface area contributed by atoms with Gasteiger partial charge < -0.3 is 14.8 Å². The summed E-state index contributed by atoms with van der Waals surface area (Å²) >= 11 is 1.37. The van der Waals surface area contributed by atoms with Crippen molar-refractivity contribution in [3.05, 3.63) is 45.8 Å². The topological polar surface area (TPSA) is 64.6 Å². The second kappa shape index (κ2) is 7.18. The second-order valence-corrected chi connectivity index (χ2v) is 6.52. The van der Waals surface area contributed by atoms with Crippen LogP contribution in [-0.4, -0.2) is 25.6 Å². The molecule has 1 amide bonds. The molecule has 1 N–H and O–H groups in total. The highest BCUT2D eigenvalue weighted by atomic mass is 32.1. The van der Waals surface area contributed by atoms with Crippen LogP contribution in [0.3, 0.4) is 0 Å². The van der Waals surface area contributed by atoms with Crippen LogP contribution in [0.2, 0.25) is 0 Å². The number of rotatable bonds is 5. The standard InChI is InChI=1S/C17H15F2NO4S/c1-23-16(22)13-11-3-2-4-12(11)25-15(13)20-14(21)9-5-7-10(8-6-9)24-17(18)19/h5-8,17H,2-4H2,1H3,(H,20,21). The fourth-order valence-electron chi connectivity index (χ4n) is 2.77. The molecule has 8 heteroatoms. The van der Waals surface area contributed by atoms with Crippen molar-refractivity contribution in [2.75, 3.05) is 12.4 Å². The molecule has 1 aromatic carbocycles. The largest absolute Gasteiger partial charge is 0.465 e. The van der Waals surface area contributed by atoms with Gasteiger partial charge in [0.15, 0.2) is 0 Å². The van der Waals surface area contributed by atoms with Crippen molar-refractivity contribution in [3.63, 3.8) is 0 Å². The van der Waals surface area contributed by atoms with Crippen LogP contribution in [0.4, 0.5) is 13.8 Å². The number of amides is 1. The third-order valence-electron chi connectivity index (χ3n) is 3.88. The lowest BCUT2D eigenvalue weighted by Gasteiger charge is -2.08. The van der Waals surface area contributed by atoms with E-state index in [1.807, 2.05) is 0 Å². The molecule has 1 heterocycles. The number of methoxy groups -OCH3 is 1. The van der Waals surface area contributed by atoms with E-state index in [2.05, 4.69) is 10.1 Å². The van der Waals surface area contributed by atoms with Gasteiger partial charge in [-0.1, -0.05) is 0 Å². The van der Waals surface area contributed by atoms with E-state index in [0.29, 0.717) is 10.6 Å². The average Bonchev–Trinajstić information content (AvgIpc) is 3.14. The van der Waals surface area contributed by atoms with E-state index in [0.717, 1.165) is 29.7 Å². The van der Waals surface area contributed by atoms with Crippen molar-refractivity contribution < 1.29 is 27.8 Å². The lowest BCUT2D eigenvalue weighted by Crippen LogP contribution is -2.14. The molecule has 1 aliphatic carbocycles. The number of halogens is 2. The summed E-state index contributed by atoms with van der Waals surface area (Å²) in [5.74, 6) is -0.944. The van der Waals surface area contributed by atoms with Gasteiger partial charge in [0.25, 0.3) is 5.91 Å². The number of ether oxygens (including phenoxy) is 2. The number of anilines is 1. The van der Waals surface area contributed by atoms with Gasteiger partial charge >= 0.3 is 12.6 Å². The third kappa shape index (κ3) is 3.63. The zero-order valence-electron chi connectivity index (χ0n) is 13.3. The molecule has 0 aliphatic heterocycles. The molecule has 25 heavy (non-hydrogen) atoms. The maximum Gasteiger partial charge on any atom is 0.387 e. The Balaban J connectivity index is 1.80. The number of alkyl halides is 2. The minimum Gasteiger partial charge on any atom is -0.465 e. The summed E-state index contributed by atoms with van der Waals surface area (Å²) in [7, 11) is 1.30. The lowest BCUT2D eigenvalue weighted by atomic mass is 10.1. The molecular formula is C17H15F2NO4S. The third-order valence-corrected chi connectivity index (χ3v) is 5.09. The van der Waals surface area contributed by atoms with Crippen molar-refractivity contribution >= 4 is 28.2 Å². The Bertz CT molecular complexity index is 802. The van der Waals surface area contributed by atoms with Gasteiger partial charge in [-0.3, -0.25) is 4.79 Å². The summed E-state index contributed by atoms with van der Waals surface area (Å²) in [4.78, 5) is 25.5. The van der Waals surface area contributed by atoms with Crippen molar-refractivity contribution in [1.82, 2.24) is 0 Å². The lowest BCUT2D eigenvalue weighted by molar-refractivity contribution is -0.0498. The molecule has 0 spiro atoms. The number of fused-ring (bicyclic) bond motifs is 1. The first-order chi connectivity index (χ1) is 12.0. The van der Waals surface area contributed by atoms with Gasteiger partial charge in [-0.05, 0) is 49.1 Å². The van der Waals surface area contributed by atoms with Crippen molar-refractivity contribution in [2.45, 2.75) is 25.9 Å². The highest BCUT2D eigenvalue weighted by Gasteiger charge is 2.28. The van der Waals surface area contributed by atoms with Crippen molar-refractivity contribution in [2.24, 2.45) is 0 Å². The van der Waals surface area contributed by atoms with E-state index in [-0.39, 0.29) is 11.3 Å². The summed E-state index contributed by atoms with van der Waals surface area (Å²) in [6.45, 7) is -2.92. The van der Waals surface area contributed by atoms with Gasteiger partial charge in [0, 0.05) is 10.4 Å². The SMILES string of the molecule is COC(=O)c1c(NC(=O)c2ccc(OC(F)F)cc2)sc2c1CCC2. The summed E-state index contributed by atoms with van der Waals surface area (Å²) < 4.78 is 33.4.